The molecule has 1 fully saturated rings. The van der Waals surface area contributed by atoms with Gasteiger partial charge in [-0.05, 0) is 35.2 Å². The molecule has 0 spiro atoms. The number of piperazine rings is 1. The molecule has 28 heavy (non-hydrogen) atoms. The van der Waals surface area contributed by atoms with Crippen molar-refractivity contribution in [2.45, 2.75) is 26.2 Å². The quantitative estimate of drug-likeness (QED) is 0.799. The van der Waals surface area contributed by atoms with Gasteiger partial charge in [0.05, 0.1) is 6.54 Å². The van der Waals surface area contributed by atoms with E-state index >= 15 is 0 Å². The van der Waals surface area contributed by atoms with Crippen LogP contribution in [0.5, 0.6) is 5.75 Å². The first-order chi connectivity index (χ1) is 13.4. The van der Waals surface area contributed by atoms with Crippen molar-refractivity contribution in [2.24, 2.45) is 0 Å². The van der Waals surface area contributed by atoms with E-state index in [1.54, 1.807) is 0 Å². The number of rotatable bonds is 5. The molecule has 1 aliphatic rings. The van der Waals surface area contributed by atoms with Crippen LogP contribution in [-0.4, -0.2) is 50.3 Å². The molecule has 5 heteroatoms. The summed E-state index contributed by atoms with van der Waals surface area (Å²) in [5.74, 6) is 0.846. The molecule has 0 atom stereocenters. The maximum absolute atomic E-state index is 12.4. The molecular formula is C23H31N3O2. The summed E-state index contributed by atoms with van der Waals surface area (Å²) >= 11 is 0. The second kappa shape index (κ2) is 9.00. The monoisotopic (exact) mass is 381 g/mol. The number of para-hydroxylation sites is 1. The normalized spacial score (nSPS) is 14.7. The Kier molecular flexibility index (Phi) is 6.45. The lowest BCUT2D eigenvalue weighted by Gasteiger charge is -2.36. The third kappa shape index (κ3) is 5.41. The van der Waals surface area contributed by atoms with Gasteiger partial charge in [0.25, 0.3) is 0 Å². The van der Waals surface area contributed by atoms with Gasteiger partial charge < -0.3 is 19.9 Å². The smallest absolute Gasteiger partial charge is 0.317 e. The van der Waals surface area contributed by atoms with Crippen molar-refractivity contribution in [2.75, 3.05) is 44.2 Å². The summed E-state index contributed by atoms with van der Waals surface area (Å²) in [5, 5.41) is 2.97. The molecule has 3 rings (SSSR count). The van der Waals surface area contributed by atoms with Crippen molar-refractivity contribution in [3.63, 3.8) is 0 Å². The fourth-order valence-electron chi connectivity index (χ4n) is 3.30. The number of hydrogen-bond donors (Lipinski definition) is 1. The number of carbonyl (C=O) groups is 1. The Balaban J connectivity index is 1.38. The first kappa shape index (κ1) is 20.1. The summed E-state index contributed by atoms with van der Waals surface area (Å²) in [6.07, 6.45) is 0. The van der Waals surface area contributed by atoms with Crippen molar-refractivity contribution in [3.05, 3.63) is 60.2 Å². The number of nitrogens with zero attached hydrogens (tertiary/aromatic N) is 2. The third-order valence-electron chi connectivity index (χ3n) is 5.04. The summed E-state index contributed by atoms with van der Waals surface area (Å²) in [7, 11) is 0. The average molecular weight is 382 g/mol. The van der Waals surface area contributed by atoms with Gasteiger partial charge in [-0.2, -0.15) is 0 Å². The Hall–Kier alpha value is -2.69. The van der Waals surface area contributed by atoms with Crippen molar-refractivity contribution >= 4 is 11.7 Å². The standard InChI is InChI=1S/C23H31N3O2/c1-23(2,3)19-8-7-11-21(18-19)28-17-12-24-22(27)26-15-13-25(14-16-26)20-9-5-4-6-10-20/h4-11,18H,12-17H2,1-3H3,(H,24,27). The summed E-state index contributed by atoms with van der Waals surface area (Å²) in [6.45, 7) is 10.7. The molecule has 0 saturated carbocycles. The summed E-state index contributed by atoms with van der Waals surface area (Å²) in [4.78, 5) is 16.6. The molecule has 0 aliphatic carbocycles. The molecule has 1 N–H and O–H groups in total. The topological polar surface area (TPSA) is 44.8 Å². The van der Waals surface area contributed by atoms with Crippen LogP contribution in [0.15, 0.2) is 54.6 Å². The van der Waals surface area contributed by atoms with Crippen LogP contribution >= 0.6 is 0 Å². The average Bonchev–Trinajstić information content (AvgIpc) is 2.71. The highest BCUT2D eigenvalue weighted by atomic mass is 16.5. The lowest BCUT2D eigenvalue weighted by Crippen LogP contribution is -2.52. The molecule has 0 unspecified atom stereocenters. The van der Waals surface area contributed by atoms with Gasteiger partial charge in [-0.15, -0.1) is 0 Å². The zero-order chi connectivity index (χ0) is 20.0. The number of anilines is 1. The van der Waals surface area contributed by atoms with Gasteiger partial charge in [0.15, 0.2) is 0 Å². The summed E-state index contributed by atoms with van der Waals surface area (Å²) < 4.78 is 5.81. The van der Waals surface area contributed by atoms with Gasteiger partial charge >= 0.3 is 6.03 Å². The van der Waals surface area contributed by atoms with Crippen molar-refractivity contribution in [3.8, 4) is 5.75 Å². The minimum absolute atomic E-state index is 0.0141. The van der Waals surface area contributed by atoms with Crippen LogP contribution in [0.1, 0.15) is 26.3 Å². The second-order valence-corrected chi connectivity index (χ2v) is 8.17. The molecule has 1 heterocycles. The molecule has 0 radical (unpaired) electrons. The molecule has 0 aromatic heterocycles. The second-order valence-electron chi connectivity index (χ2n) is 8.17. The molecule has 2 aromatic carbocycles. The number of ether oxygens (including phenoxy) is 1. The van der Waals surface area contributed by atoms with E-state index in [0.717, 1.165) is 31.9 Å². The molecule has 1 aliphatic heterocycles. The number of benzene rings is 2. The van der Waals surface area contributed by atoms with E-state index in [4.69, 9.17) is 4.74 Å². The lowest BCUT2D eigenvalue weighted by molar-refractivity contribution is 0.191. The largest absolute Gasteiger partial charge is 0.492 e. The molecule has 2 aromatic rings. The highest BCUT2D eigenvalue weighted by Crippen LogP contribution is 2.25. The van der Waals surface area contributed by atoms with Crippen LogP contribution in [0.2, 0.25) is 0 Å². The maximum atomic E-state index is 12.4. The third-order valence-corrected chi connectivity index (χ3v) is 5.04. The molecule has 5 nitrogen and oxygen atoms in total. The van der Waals surface area contributed by atoms with E-state index in [1.165, 1.54) is 11.3 Å². The zero-order valence-electron chi connectivity index (χ0n) is 17.1. The number of urea groups is 1. The summed E-state index contributed by atoms with van der Waals surface area (Å²) in [6, 6.07) is 18.5. The van der Waals surface area contributed by atoms with E-state index in [2.05, 4.69) is 55.3 Å². The molecular weight excluding hydrogens is 350 g/mol. The van der Waals surface area contributed by atoms with E-state index in [9.17, 15) is 4.79 Å². The zero-order valence-corrected chi connectivity index (χ0v) is 17.1. The van der Waals surface area contributed by atoms with E-state index in [0.29, 0.717) is 13.2 Å². The number of nitrogens with one attached hydrogen (secondary N) is 1. The maximum Gasteiger partial charge on any atom is 0.317 e. The van der Waals surface area contributed by atoms with E-state index in [-0.39, 0.29) is 11.4 Å². The van der Waals surface area contributed by atoms with Crippen LogP contribution in [0.25, 0.3) is 0 Å². The van der Waals surface area contributed by atoms with Crippen LogP contribution in [0.4, 0.5) is 10.5 Å². The molecule has 0 bridgehead atoms. The highest BCUT2D eigenvalue weighted by Gasteiger charge is 2.21. The Morgan fingerprint density at radius 3 is 2.39 bits per heavy atom. The van der Waals surface area contributed by atoms with Crippen molar-refractivity contribution in [1.82, 2.24) is 10.2 Å². The predicted molar refractivity (Wildman–Crippen MR) is 114 cm³/mol. The SMILES string of the molecule is CC(C)(C)c1cccc(OCCNC(=O)N2CCN(c3ccccc3)CC2)c1. The van der Waals surface area contributed by atoms with Crippen LogP contribution in [0, 0.1) is 0 Å². The van der Waals surface area contributed by atoms with Crippen molar-refractivity contribution in [1.29, 1.82) is 0 Å². The van der Waals surface area contributed by atoms with Crippen LogP contribution in [0.3, 0.4) is 0 Å². The fourth-order valence-corrected chi connectivity index (χ4v) is 3.30. The Morgan fingerprint density at radius 2 is 1.71 bits per heavy atom. The molecule has 2 amide bonds. The minimum Gasteiger partial charge on any atom is -0.492 e. The first-order valence-electron chi connectivity index (χ1n) is 9.99. The molecule has 150 valence electrons. The number of hydrogen-bond acceptors (Lipinski definition) is 3. The van der Waals surface area contributed by atoms with Gasteiger partial charge in [-0.3, -0.25) is 0 Å². The van der Waals surface area contributed by atoms with Gasteiger partial charge in [0, 0.05) is 31.9 Å². The number of carbonyl (C=O) groups excluding carboxylic acids is 1. The summed E-state index contributed by atoms with van der Waals surface area (Å²) in [5.41, 5.74) is 2.55. The van der Waals surface area contributed by atoms with Crippen LogP contribution in [-0.2, 0) is 5.41 Å². The van der Waals surface area contributed by atoms with Gasteiger partial charge in [0.1, 0.15) is 12.4 Å². The van der Waals surface area contributed by atoms with E-state index in [1.807, 2.05) is 35.2 Å². The number of amides is 2. The minimum atomic E-state index is -0.0141. The van der Waals surface area contributed by atoms with Gasteiger partial charge in [-0.25, -0.2) is 4.79 Å². The fraction of sp³-hybridized carbons (Fsp3) is 0.435. The van der Waals surface area contributed by atoms with Gasteiger partial charge in [-0.1, -0.05) is 51.1 Å². The Bertz CT molecular complexity index is 763. The van der Waals surface area contributed by atoms with Gasteiger partial charge in [0.2, 0.25) is 0 Å². The first-order valence-corrected chi connectivity index (χ1v) is 9.99. The van der Waals surface area contributed by atoms with Crippen LogP contribution < -0.4 is 15.0 Å². The lowest BCUT2D eigenvalue weighted by atomic mass is 9.87. The van der Waals surface area contributed by atoms with Crippen molar-refractivity contribution < 1.29 is 9.53 Å². The Labute approximate surface area is 168 Å². The molecule has 1 saturated heterocycles. The highest BCUT2D eigenvalue weighted by molar-refractivity contribution is 5.74. The Morgan fingerprint density at radius 1 is 1.00 bits per heavy atom. The predicted octanol–water partition coefficient (Wildman–Crippen LogP) is 3.89. The van der Waals surface area contributed by atoms with E-state index < -0.39 is 0 Å².